The van der Waals surface area contributed by atoms with Gasteiger partial charge < -0.3 is 42.0 Å². The topological polar surface area (TPSA) is 132 Å². The second-order valence-electron chi connectivity index (χ2n) is 9.26. The number of unbranched alkanes of at least 4 members (excludes halogenated alkanes) is 4. The zero-order valence-electron chi connectivity index (χ0n) is 22.4. The van der Waals surface area contributed by atoms with Crippen molar-refractivity contribution in [3.05, 3.63) is 0 Å². The Morgan fingerprint density at radius 3 is 1.32 bits per heavy atom. The van der Waals surface area contributed by atoms with Gasteiger partial charge >= 0.3 is 0 Å². The highest BCUT2D eigenvalue weighted by atomic mass is 16.1. The molecule has 0 spiro atoms. The summed E-state index contributed by atoms with van der Waals surface area (Å²) in [6, 6.07) is 0. The van der Waals surface area contributed by atoms with Crippen molar-refractivity contribution < 1.29 is 25.5 Å². The quantitative estimate of drug-likeness (QED) is 0.0658. The van der Waals surface area contributed by atoms with Crippen LogP contribution in [-0.4, -0.2) is 96.8 Å². The van der Waals surface area contributed by atoms with Gasteiger partial charge in [-0.1, -0.05) is 22.3 Å². The summed E-state index contributed by atoms with van der Waals surface area (Å²) < 4.78 is 0. The van der Waals surface area contributed by atoms with Gasteiger partial charge in [-0.2, -0.15) is 0 Å². The van der Waals surface area contributed by atoms with Crippen LogP contribution in [0.1, 0.15) is 87.5 Å². The molecule has 10 N–H and O–H groups in total. The molecule has 0 fully saturated rings. The molecule has 0 aliphatic carbocycles. The molecule has 0 heterocycles. The van der Waals surface area contributed by atoms with Crippen molar-refractivity contribution in [2.45, 2.75) is 87.5 Å². The molecular formula is C28H70N7O2+3. The van der Waals surface area contributed by atoms with E-state index in [0.29, 0.717) is 6.42 Å². The van der Waals surface area contributed by atoms with Crippen molar-refractivity contribution in [3.63, 3.8) is 0 Å². The molecule has 0 aromatic carbocycles. The third-order valence-electron chi connectivity index (χ3n) is 5.70. The molecule has 9 heteroatoms. The van der Waals surface area contributed by atoms with Crippen molar-refractivity contribution in [1.82, 2.24) is 21.3 Å². The minimum absolute atomic E-state index is 0. The molecule has 1 amide bonds. The van der Waals surface area contributed by atoms with E-state index < -0.39 is 0 Å². The number of carbonyl (C=O) groups is 2. The predicted octanol–water partition coefficient (Wildman–Crippen LogP) is -0.800. The van der Waals surface area contributed by atoms with Crippen LogP contribution in [0.4, 0.5) is 0 Å². The van der Waals surface area contributed by atoms with Gasteiger partial charge in [0.1, 0.15) is 5.78 Å². The molecule has 37 heavy (non-hydrogen) atoms. The summed E-state index contributed by atoms with van der Waals surface area (Å²) in [6.45, 7) is 17.1. The normalized spacial score (nSPS) is 10.2. The molecule has 0 radical (unpaired) electrons. The fourth-order valence-electron chi connectivity index (χ4n) is 3.66. The molecule has 0 atom stereocenters. The molecule has 0 aliphatic heterocycles. The van der Waals surface area contributed by atoms with Crippen LogP contribution in [0.3, 0.4) is 0 Å². The van der Waals surface area contributed by atoms with Gasteiger partial charge in [-0.15, -0.1) is 0 Å². The maximum absolute atomic E-state index is 10.8. The molecule has 226 valence electrons. The summed E-state index contributed by atoms with van der Waals surface area (Å²) in [7, 11) is 0. The number of carbonyl (C=O) groups excluding carboxylic acids is 2. The van der Waals surface area contributed by atoms with Crippen LogP contribution in [0.25, 0.3) is 0 Å². The molecule has 0 saturated carbocycles. The van der Waals surface area contributed by atoms with E-state index >= 15 is 0 Å². The first kappa shape index (κ1) is 43.0. The summed E-state index contributed by atoms with van der Waals surface area (Å²) in [5.74, 6) is 0.337. The number of ketones is 1. The highest BCUT2D eigenvalue weighted by molar-refractivity contribution is 5.75. The fraction of sp³-hybridized carbons (Fsp3) is 0.929. The third-order valence-corrected chi connectivity index (χ3v) is 5.70. The molecule has 0 unspecified atom stereocenters. The lowest BCUT2D eigenvalue weighted by molar-refractivity contribution is -0.655. The van der Waals surface area contributed by atoms with Gasteiger partial charge in [0.05, 0.1) is 45.8 Å². The third kappa shape index (κ3) is 42.3. The van der Waals surface area contributed by atoms with E-state index in [1.54, 1.807) is 13.8 Å². The standard InChI is InChI=1S/C25H55N7O2.3CH4/c1-24(33)10-9-15-29-18-20-30-19-16-27-13-7-3-5-11-26-12-6-4-8-14-28-17-21-31-22-23-32-25(2)34;;;/h26-31H,3-23H2,1-2H3,(H,32,34);3*1H4/p+3. The monoisotopic (exact) mass is 537 g/mol. The zero-order valence-corrected chi connectivity index (χ0v) is 22.4. The van der Waals surface area contributed by atoms with E-state index in [1.165, 1.54) is 51.6 Å². The van der Waals surface area contributed by atoms with Crippen LogP contribution in [0, 0.1) is 0 Å². The first-order valence-corrected chi connectivity index (χ1v) is 13.9. The number of quaternary nitrogens is 3. The summed E-state index contributed by atoms with van der Waals surface area (Å²) in [4.78, 5) is 21.6. The molecule has 0 aliphatic rings. The van der Waals surface area contributed by atoms with E-state index in [-0.39, 0.29) is 34.0 Å². The largest absolute Gasteiger partial charge is 0.351 e. The molecule has 0 rings (SSSR count). The highest BCUT2D eigenvalue weighted by Crippen LogP contribution is 1.92. The summed E-state index contributed by atoms with van der Waals surface area (Å²) >= 11 is 0. The van der Waals surface area contributed by atoms with Crippen LogP contribution in [0.5, 0.6) is 0 Å². The van der Waals surface area contributed by atoms with E-state index in [0.717, 1.165) is 78.4 Å². The average molecular weight is 537 g/mol. The van der Waals surface area contributed by atoms with Crippen molar-refractivity contribution in [1.29, 1.82) is 0 Å². The first-order chi connectivity index (χ1) is 16.6. The van der Waals surface area contributed by atoms with Crippen LogP contribution < -0.4 is 37.2 Å². The van der Waals surface area contributed by atoms with Crippen LogP contribution in [0.15, 0.2) is 0 Å². The second kappa shape index (κ2) is 37.1. The fourth-order valence-corrected chi connectivity index (χ4v) is 3.66. The Balaban J connectivity index is -0.00000181. The number of hydrogen-bond donors (Lipinski definition) is 7. The maximum atomic E-state index is 10.8. The molecule has 9 nitrogen and oxygen atoms in total. The molecule has 0 saturated heterocycles. The van der Waals surface area contributed by atoms with Gasteiger partial charge in [-0.25, -0.2) is 0 Å². The van der Waals surface area contributed by atoms with Crippen molar-refractivity contribution in [2.75, 3.05) is 85.1 Å². The maximum Gasteiger partial charge on any atom is 0.217 e. The number of amides is 1. The van der Waals surface area contributed by atoms with Crippen LogP contribution >= 0.6 is 0 Å². The number of Topliss-reactive ketones (excluding diaryl/α,β-unsaturated/α-hetero) is 1. The molecule has 0 aromatic heterocycles. The Hall–Kier alpha value is -1.10. The second-order valence-corrected chi connectivity index (χ2v) is 9.26. The number of nitrogens with one attached hydrogen (secondary N) is 4. The van der Waals surface area contributed by atoms with Gasteiger partial charge in [0, 0.05) is 33.0 Å². The van der Waals surface area contributed by atoms with Gasteiger partial charge in [-0.05, 0) is 71.5 Å². The zero-order chi connectivity index (χ0) is 25.0. The lowest BCUT2D eigenvalue weighted by Gasteiger charge is -2.06. The lowest BCUT2D eigenvalue weighted by atomic mass is 10.2. The Bertz CT molecular complexity index is 414. The highest BCUT2D eigenvalue weighted by Gasteiger charge is 1.97. The summed E-state index contributed by atoms with van der Waals surface area (Å²) in [6.07, 6.45) is 9.47. The van der Waals surface area contributed by atoms with E-state index in [4.69, 9.17) is 0 Å². The Morgan fingerprint density at radius 1 is 0.486 bits per heavy atom. The van der Waals surface area contributed by atoms with E-state index in [9.17, 15) is 9.59 Å². The minimum atomic E-state index is 0. The van der Waals surface area contributed by atoms with Crippen LogP contribution in [-0.2, 0) is 9.59 Å². The summed E-state index contributed by atoms with van der Waals surface area (Å²) in [5, 5.41) is 20.3. The van der Waals surface area contributed by atoms with Gasteiger partial charge in [0.15, 0.2) is 0 Å². The molecular weight excluding hydrogens is 466 g/mol. The Morgan fingerprint density at radius 2 is 0.892 bits per heavy atom. The summed E-state index contributed by atoms with van der Waals surface area (Å²) in [5.41, 5.74) is 0. The molecule has 0 aromatic rings. The SMILES string of the molecule is C.C.C.CC(=O)CCCNCC[NH2+]CCNCCCCC[NH2+]CCCCCNCC[NH2+]CCNC(C)=O. The van der Waals surface area contributed by atoms with E-state index in [2.05, 4.69) is 37.2 Å². The smallest absolute Gasteiger partial charge is 0.217 e. The van der Waals surface area contributed by atoms with Crippen molar-refractivity contribution in [3.8, 4) is 0 Å². The number of hydrogen-bond acceptors (Lipinski definition) is 5. The molecule has 0 bridgehead atoms. The predicted molar refractivity (Wildman–Crippen MR) is 160 cm³/mol. The van der Waals surface area contributed by atoms with Crippen molar-refractivity contribution in [2.24, 2.45) is 0 Å². The number of nitrogens with two attached hydrogens (primary N) is 3. The van der Waals surface area contributed by atoms with Gasteiger partial charge in [0.2, 0.25) is 5.91 Å². The first-order valence-electron chi connectivity index (χ1n) is 13.9. The van der Waals surface area contributed by atoms with E-state index in [1.807, 2.05) is 0 Å². The van der Waals surface area contributed by atoms with Gasteiger partial charge in [0.25, 0.3) is 0 Å². The Labute approximate surface area is 231 Å². The average Bonchev–Trinajstić information content (AvgIpc) is 2.80. The van der Waals surface area contributed by atoms with Crippen molar-refractivity contribution >= 4 is 11.7 Å². The minimum Gasteiger partial charge on any atom is -0.351 e. The lowest BCUT2D eigenvalue weighted by Crippen LogP contribution is -2.87. The Kier molecular flexibility index (Phi) is 43.0. The van der Waals surface area contributed by atoms with Gasteiger partial charge in [-0.3, -0.25) is 4.79 Å². The van der Waals surface area contributed by atoms with Crippen LogP contribution in [0.2, 0.25) is 0 Å². The number of rotatable bonds is 28.